The largest absolute Gasteiger partial charge is 0.357 e. The molecular formula is C11H17N3S. The highest BCUT2D eigenvalue weighted by Gasteiger charge is 2.24. The highest BCUT2D eigenvalue weighted by Crippen LogP contribution is 2.36. The van der Waals surface area contributed by atoms with E-state index >= 15 is 0 Å². The van der Waals surface area contributed by atoms with Crippen molar-refractivity contribution >= 4 is 16.5 Å². The molecular weight excluding hydrogens is 206 g/mol. The van der Waals surface area contributed by atoms with Gasteiger partial charge in [-0.15, -0.1) is 10.2 Å². The van der Waals surface area contributed by atoms with Gasteiger partial charge in [0.2, 0.25) is 5.13 Å². The predicted octanol–water partition coefficient (Wildman–Crippen LogP) is 3.16. The Bertz CT molecular complexity index is 326. The predicted molar refractivity (Wildman–Crippen MR) is 62.4 cm³/mol. The van der Waals surface area contributed by atoms with Crippen molar-refractivity contribution in [2.45, 2.75) is 56.9 Å². The average Bonchev–Trinajstić information content (AvgIpc) is 2.96. The van der Waals surface area contributed by atoms with Crippen LogP contribution in [0, 0.1) is 0 Å². The third kappa shape index (κ3) is 2.30. The monoisotopic (exact) mass is 223 g/mol. The molecule has 2 aliphatic carbocycles. The molecule has 4 heteroatoms. The van der Waals surface area contributed by atoms with Crippen LogP contribution in [0.15, 0.2) is 0 Å². The van der Waals surface area contributed by atoms with Crippen LogP contribution in [-0.4, -0.2) is 16.2 Å². The molecule has 0 spiro atoms. The van der Waals surface area contributed by atoms with E-state index in [1.54, 1.807) is 11.3 Å². The molecule has 1 aromatic heterocycles. The van der Waals surface area contributed by atoms with Crippen molar-refractivity contribution in [1.29, 1.82) is 0 Å². The van der Waals surface area contributed by atoms with Gasteiger partial charge in [-0.1, -0.05) is 30.6 Å². The van der Waals surface area contributed by atoms with Crippen molar-refractivity contribution in [2.24, 2.45) is 0 Å². The summed E-state index contributed by atoms with van der Waals surface area (Å²) in [6.45, 7) is 0. The van der Waals surface area contributed by atoms with Gasteiger partial charge in [-0.2, -0.15) is 0 Å². The first-order chi connectivity index (χ1) is 7.42. The first-order valence-corrected chi connectivity index (χ1v) is 6.83. The smallest absolute Gasteiger partial charge is 0.205 e. The van der Waals surface area contributed by atoms with E-state index in [-0.39, 0.29) is 0 Å². The summed E-state index contributed by atoms with van der Waals surface area (Å²) in [6, 6.07) is 0.692. The molecule has 0 aliphatic heterocycles. The van der Waals surface area contributed by atoms with Crippen LogP contribution < -0.4 is 5.32 Å². The minimum Gasteiger partial charge on any atom is -0.357 e. The fraction of sp³-hybridized carbons (Fsp3) is 0.818. The molecule has 0 atom stereocenters. The van der Waals surface area contributed by atoms with E-state index in [4.69, 9.17) is 0 Å². The lowest BCUT2D eigenvalue weighted by molar-refractivity contribution is 0.440. The molecule has 2 saturated carbocycles. The highest BCUT2D eigenvalue weighted by molar-refractivity contribution is 7.15. The van der Waals surface area contributed by atoms with Gasteiger partial charge < -0.3 is 5.32 Å². The molecule has 2 fully saturated rings. The molecule has 0 saturated heterocycles. The maximum absolute atomic E-state index is 4.33. The summed E-state index contributed by atoms with van der Waals surface area (Å²) in [5, 5.41) is 14.3. The second-order valence-corrected chi connectivity index (χ2v) is 5.71. The van der Waals surface area contributed by atoms with Gasteiger partial charge in [-0.3, -0.25) is 0 Å². The molecule has 15 heavy (non-hydrogen) atoms. The summed E-state index contributed by atoms with van der Waals surface area (Å²) >= 11 is 1.77. The van der Waals surface area contributed by atoms with Gasteiger partial charge >= 0.3 is 0 Å². The quantitative estimate of drug-likeness (QED) is 0.855. The van der Waals surface area contributed by atoms with E-state index in [2.05, 4.69) is 15.5 Å². The number of hydrogen-bond donors (Lipinski definition) is 1. The number of nitrogens with one attached hydrogen (secondary N) is 1. The van der Waals surface area contributed by atoms with Crippen molar-refractivity contribution in [3.05, 3.63) is 5.01 Å². The SMILES string of the molecule is C1CCC(c2nnc(NC3CC3)s2)CC1. The van der Waals surface area contributed by atoms with Crippen LogP contribution in [0.25, 0.3) is 0 Å². The Morgan fingerprint density at radius 2 is 1.80 bits per heavy atom. The summed E-state index contributed by atoms with van der Waals surface area (Å²) < 4.78 is 0. The molecule has 0 amide bonds. The fourth-order valence-corrected chi connectivity index (χ4v) is 3.20. The first kappa shape index (κ1) is 9.58. The van der Waals surface area contributed by atoms with Gasteiger partial charge in [0.05, 0.1) is 0 Å². The molecule has 3 nitrogen and oxygen atoms in total. The lowest BCUT2D eigenvalue weighted by atomic mass is 9.90. The molecule has 2 aliphatic rings. The van der Waals surface area contributed by atoms with Crippen LogP contribution in [0.1, 0.15) is 55.9 Å². The molecule has 1 aromatic rings. The van der Waals surface area contributed by atoms with Crippen molar-refractivity contribution in [1.82, 2.24) is 10.2 Å². The van der Waals surface area contributed by atoms with Crippen molar-refractivity contribution < 1.29 is 0 Å². The van der Waals surface area contributed by atoms with Crippen molar-refractivity contribution in [3.63, 3.8) is 0 Å². The standard InChI is InChI=1S/C11H17N3S/c1-2-4-8(5-3-1)10-13-14-11(15-10)12-9-6-7-9/h8-9H,1-7H2,(H,12,14). The molecule has 1 N–H and O–H groups in total. The molecule has 3 rings (SSSR count). The van der Waals surface area contributed by atoms with Gasteiger partial charge in [0.1, 0.15) is 5.01 Å². The number of aromatic nitrogens is 2. The maximum Gasteiger partial charge on any atom is 0.205 e. The second kappa shape index (κ2) is 4.08. The van der Waals surface area contributed by atoms with E-state index < -0.39 is 0 Å². The Labute approximate surface area is 94.3 Å². The number of nitrogens with zero attached hydrogens (tertiary/aromatic N) is 2. The van der Waals surface area contributed by atoms with Crippen molar-refractivity contribution in [3.8, 4) is 0 Å². The molecule has 0 radical (unpaired) electrons. The van der Waals surface area contributed by atoms with Gasteiger partial charge in [0, 0.05) is 12.0 Å². The number of rotatable bonds is 3. The van der Waals surface area contributed by atoms with Crippen LogP contribution >= 0.6 is 11.3 Å². The third-order valence-electron chi connectivity index (χ3n) is 3.30. The second-order valence-electron chi connectivity index (χ2n) is 4.70. The zero-order chi connectivity index (χ0) is 10.1. The third-order valence-corrected chi connectivity index (χ3v) is 4.32. The van der Waals surface area contributed by atoms with Crippen LogP contribution in [0.3, 0.4) is 0 Å². The summed E-state index contributed by atoms with van der Waals surface area (Å²) in [7, 11) is 0. The Morgan fingerprint density at radius 1 is 1.00 bits per heavy atom. The molecule has 0 bridgehead atoms. The van der Waals surface area contributed by atoms with Crippen LogP contribution in [0.5, 0.6) is 0 Å². The summed E-state index contributed by atoms with van der Waals surface area (Å²) in [6.07, 6.45) is 9.39. The lowest BCUT2D eigenvalue weighted by Gasteiger charge is -2.18. The number of hydrogen-bond acceptors (Lipinski definition) is 4. The topological polar surface area (TPSA) is 37.8 Å². The van der Waals surface area contributed by atoms with E-state index in [0.717, 1.165) is 5.13 Å². The van der Waals surface area contributed by atoms with E-state index in [1.807, 2.05) is 0 Å². The highest BCUT2D eigenvalue weighted by atomic mass is 32.1. The molecule has 0 unspecified atom stereocenters. The van der Waals surface area contributed by atoms with E-state index in [0.29, 0.717) is 12.0 Å². The molecule has 82 valence electrons. The summed E-state index contributed by atoms with van der Waals surface area (Å²) in [4.78, 5) is 0. The maximum atomic E-state index is 4.33. The Kier molecular flexibility index (Phi) is 2.61. The van der Waals surface area contributed by atoms with Crippen molar-refractivity contribution in [2.75, 3.05) is 5.32 Å². The minimum absolute atomic E-state index is 0.692. The Balaban J connectivity index is 1.65. The Hall–Kier alpha value is -0.640. The summed E-state index contributed by atoms with van der Waals surface area (Å²) in [5.41, 5.74) is 0. The van der Waals surface area contributed by atoms with Crippen LogP contribution in [0.2, 0.25) is 0 Å². The summed E-state index contributed by atoms with van der Waals surface area (Å²) in [5.74, 6) is 0.700. The molecule has 1 heterocycles. The van der Waals surface area contributed by atoms with Gasteiger partial charge in [0.15, 0.2) is 0 Å². The average molecular weight is 223 g/mol. The Morgan fingerprint density at radius 3 is 2.53 bits per heavy atom. The number of anilines is 1. The van der Waals surface area contributed by atoms with E-state index in [1.165, 1.54) is 50.0 Å². The van der Waals surface area contributed by atoms with Crippen LogP contribution in [0.4, 0.5) is 5.13 Å². The lowest BCUT2D eigenvalue weighted by Crippen LogP contribution is -2.03. The fourth-order valence-electron chi connectivity index (χ4n) is 2.21. The first-order valence-electron chi connectivity index (χ1n) is 6.02. The van der Waals surface area contributed by atoms with Gasteiger partial charge in [0.25, 0.3) is 0 Å². The normalized spacial score (nSPS) is 22.9. The molecule has 0 aromatic carbocycles. The van der Waals surface area contributed by atoms with Gasteiger partial charge in [-0.05, 0) is 25.7 Å². The van der Waals surface area contributed by atoms with Gasteiger partial charge in [-0.25, -0.2) is 0 Å². The minimum atomic E-state index is 0.692. The van der Waals surface area contributed by atoms with Crippen LogP contribution in [-0.2, 0) is 0 Å². The zero-order valence-corrected chi connectivity index (χ0v) is 9.72. The zero-order valence-electron chi connectivity index (χ0n) is 8.91. The van der Waals surface area contributed by atoms with E-state index in [9.17, 15) is 0 Å².